The molecule has 0 aliphatic carbocycles. The number of rotatable bonds is 6. The van der Waals surface area contributed by atoms with Crippen LogP contribution in [0.2, 0.25) is 0 Å². The first kappa shape index (κ1) is 21.6. The summed E-state index contributed by atoms with van der Waals surface area (Å²) in [7, 11) is -3.47. The van der Waals surface area contributed by atoms with E-state index in [1.165, 1.54) is 0 Å². The third-order valence-electron chi connectivity index (χ3n) is 6.07. The summed E-state index contributed by atoms with van der Waals surface area (Å²) < 4.78 is 34.1. The van der Waals surface area contributed by atoms with Crippen LogP contribution in [0.5, 0.6) is 0 Å². The van der Waals surface area contributed by atoms with Crippen LogP contribution < -0.4 is 4.72 Å². The minimum absolute atomic E-state index is 0.417. The van der Waals surface area contributed by atoms with Crippen LogP contribution in [0.4, 0.5) is 0 Å². The van der Waals surface area contributed by atoms with E-state index >= 15 is 0 Å². The van der Waals surface area contributed by atoms with Crippen molar-refractivity contribution in [3.8, 4) is 0 Å². The van der Waals surface area contributed by atoms with Crippen LogP contribution >= 0.6 is 0 Å². The SMILES string of the molecule is N=S(=O)(NC(c1ccccc1)(c1ccccc1)c1ccccc1)c1cnn2c1CCOCC2. The summed E-state index contributed by atoms with van der Waals surface area (Å²) in [6.45, 7) is 1.67. The van der Waals surface area contributed by atoms with E-state index in [0.29, 0.717) is 31.1 Å². The third-order valence-corrected chi connectivity index (χ3v) is 7.62. The van der Waals surface area contributed by atoms with Gasteiger partial charge in [-0.2, -0.15) is 5.10 Å². The van der Waals surface area contributed by atoms with Gasteiger partial charge in [0, 0.05) is 6.42 Å². The van der Waals surface area contributed by atoms with Crippen LogP contribution in [0.1, 0.15) is 22.4 Å². The summed E-state index contributed by atoms with van der Waals surface area (Å²) in [6.07, 6.45) is 2.15. The Morgan fingerprint density at radius 3 is 1.88 bits per heavy atom. The first-order valence-electron chi connectivity index (χ1n) is 11.0. The van der Waals surface area contributed by atoms with Crippen LogP contribution in [0.25, 0.3) is 0 Å². The van der Waals surface area contributed by atoms with Crippen molar-refractivity contribution in [2.24, 2.45) is 0 Å². The molecule has 0 saturated heterocycles. The molecule has 1 aromatic heterocycles. The normalized spacial score (nSPS) is 15.9. The van der Waals surface area contributed by atoms with Crippen molar-refractivity contribution < 1.29 is 8.95 Å². The molecule has 0 radical (unpaired) electrons. The van der Waals surface area contributed by atoms with Gasteiger partial charge in [0.05, 0.1) is 31.6 Å². The Bertz CT molecular complexity index is 1220. The molecule has 0 amide bonds. The first-order chi connectivity index (χ1) is 16.1. The van der Waals surface area contributed by atoms with Gasteiger partial charge in [0.25, 0.3) is 0 Å². The van der Waals surface area contributed by atoms with Gasteiger partial charge in [-0.05, 0) is 16.7 Å². The van der Waals surface area contributed by atoms with Crippen LogP contribution in [0.15, 0.2) is 102 Å². The molecule has 0 saturated carbocycles. The van der Waals surface area contributed by atoms with Gasteiger partial charge in [-0.25, -0.2) is 13.7 Å². The summed E-state index contributed by atoms with van der Waals surface area (Å²) in [5.41, 5.74) is 2.51. The number of hydrogen-bond acceptors (Lipinski definition) is 4. The van der Waals surface area contributed by atoms with Gasteiger partial charge in [-0.15, -0.1) is 0 Å². The molecule has 1 unspecified atom stereocenters. The fourth-order valence-corrected chi connectivity index (χ4v) is 6.14. The average Bonchev–Trinajstić information content (AvgIpc) is 3.14. The molecule has 0 bridgehead atoms. The van der Waals surface area contributed by atoms with Gasteiger partial charge in [-0.3, -0.25) is 4.68 Å². The van der Waals surface area contributed by atoms with Crippen molar-refractivity contribution in [3.05, 3.63) is 120 Å². The Kier molecular flexibility index (Phi) is 5.85. The summed E-state index contributed by atoms with van der Waals surface area (Å²) >= 11 is 0. The van der Waals surface area contributed by atoms with E-state index in [4.69, 9.17) is 9.52 Å². The molecule has 2 N–H and O–H groups in total. The summed E-state index contributed by atoms with van der Waals surface area (Å²) in [4.78, 5) is 0.417. The highest BCUT2D eigenvalue weighted by molar-refractivity contribution is 7.90. The van der Waals surface area contributed by atoms with Gasteiger partial charge < -0.3 is 4.74 Å². The minimum Gasteiger partial charge on any atom is -0.379 e. The largest absolute Gasteiger partial charge is 0.379 e. The fourth-order valence-electron chi connectivity index (χ4n) is 4.51. The predicted octanol–water partition coefficient (Wildman–Crippen LogP) is 4.36. The van der Waals surface area contributed by atoms with Crippen molar-refractivity contribution in [1.82, 2.24) is 14.5 Å². The zero-order valence-corrected chi connectivity index (χ0v) is 19.0. The number of hydrogen-bond donors (Lipinski definition) is 2. The minimum atomic E-state index is -3.47. The second kappa shape index (κ2) is 8.94. The molecule has 1 aliphatic heterocycles. The molecule has 0 fully saturated rings. The van der Waals surface area contributed by atoms with Crippen molar-refractivity contribution in [2.45, 2.75) is 23.4 Å². The molecule has 2 heterocycles. The van der Waals surface area contributed by atoms with E-state index in [1.54, 1.807) is 6.20 Å². The number of benzene rings is 3. The highest BCUT2D eigenvalue weighted by atomic mass is 32.2. The number of aromatic nitrogens is 2. The van der Waals surface area contributed by atoms with E-state index < -0.39 is 15.5 Å². The second-order valence-electron chi connectivity index (χ2n) is 8.05. The quantitative estimate of drug-likeness (QED) is 0.422. The summed E-state index contributed by atoms with van der Waals surface area (Å²) in [5.74, 6) is 0. The van der Waals surface area contributed by atoms with Crippen molar-refractivity contribution in [3.63, 3.8) is 0 Å². The third kappa shape index (κ3) is 3.99. The number of ether oxygens (including phenoxy) is 1. The monoisotopic (exact) mass is 458 g/mol. The average molecular weight is 459 g/mol. The standard InChI is InChI=1S/C26H26N4O2S/c27-33(31,25-20-28-30-17-19-32-18-16-24(25)30)29-26(21-10-4-1-5-11-21,22-12-6-2-7-13-22)23-14-8-3-9-15-23/h1-15,20H,16-19H2,(H2,27,29,31). The molecule has 168 valence electrons. The zero-order chi connectivity index (χ0) is 22.7. The molecular formula is C26H26N4O2S. The van der Waals surface area contributed by atoms with Crippen molar-refractivity contribution >= 4 is 9.92 Å². The molecule has 7 heteroatoms. The van der Waals surface area contributed by atoms with Gasteiger partial charge >= 0.3 is 0 Å². The molecule has 6 nitrogen and oxygen atoms in total. The van der Waals surface area contributed by atoms with E-state index in [0.717, 1.165) is 22.4 Å². The van der Waals surface area contributed by atoms with E-state index in [-0.39, 0.29) is 0 Å². The zero-order valence-electron chi connectivity index (χ0n) is 18.2. The van der Waals surface area contributed by atoms with Crippen LogP contribution in [-0.2, 0) is 33.2 Å². The Balaban J connectivity index is 1.73. The number of nitrogens with zero attached hydrogens (tertiary/aromatic N) is 2. The lowest BCUT2D eigenvalue weighted by Crippen LogP contribution is -2.47. The van der Waals surface area contributed by atoms with Crippen molar-refractivity contribution in [1.29, 1.82) is 4.78 Å². The first-order valence-corrected chi connectivity index (χ1v) is 12.5. The van der Waals surface area contributed by atoms with E-state index in [1.807, 2.05) is 95.7 Å². The number of fused-ring (bicyclic) bond motifs is 1. The molecule has 33 heavy (non-hydrogen) atoms. The Morgan fingerprint density at radius 1 is 0.848 bits per heavy atom. The Labute approximate surface area is 194 Å². The lowest BCUT2D eigenvalue weighted by molar-refractivity contribution is 0.138. The van der Waals surface area contributed by atoms with Crippen LogP contribution in [0, 0.1) is 4.78 Å². The Hall–Kier alpha value is -3.26. The highest BCUT2D eigenvalue weighted by Crippen LogP contribution is 2.38. The van der Waals surface area contributed by atoms with Gasteiger partial charge in [0.2, 0.25) is 0 Å². The molecule has 3 aromatic carbocycles. The maximum absolute atomic E-state index is 14.2. The molecular weight excluding hydrogens is 432 g/mol. The van der Waals surface area contributed by atoms with Gasteiger partial charge in [0.15, 0.2) is 0 Å². The molecule has 0 spiro atoms. The highest BCUT2D eigenvalue weighted by Gasteiger charge is 2.40. The fraction of sp³-hybridized carbons (Fsp3) is 0.192. The van der Waals surface area contributed by atoms with Crippen LogP contribution in [0.3, 0.4) is 0 Å². The second-order valence-corrected chi connectivity index (χ2v) is 9.80. The van der Waals surface area contributed by atoms with Crippen molar-refractivity contribution in [2.75, 3.05) is 13.2 Å². The van der Waals surface area contributed by atoms with E-state index in [9.17, 15) is 4.21 Å². The lowest BCUT2D eigenvalue weighted by Gasteiger charge is -2.37. The summed E-state index contributed by atoms with van der Waals surface area (Å²) in [6, 6.07) is 29.7. The molecule has 4 aromatic rings. The topological polar surface area (TPSA) is 80.0 Å². The maximum atomic E-state index is 14.2. The smallest absolute Gasteiger partial charge is 0.139 e. The number of nitrogens with one attached hydrogen (secondary N) is 2. The molecule has 1 aliphatic rings. The lowest BCUT2D eigenvalue weighted by atomic mass is 9.78. The van der Waals surface area contributed by atoms with Crippen LogP contribution in [-0.4, -0.2) is 27.2 Å². The Morgan fingerprint density at radius 2 is 1.36 bits per heavy atom. The summed E-state index contributed by atoms with van der Waals surface area (Å²) in [5, 5.41) is 4.43. The maximum Gasteiger partial charge on any atom is 0.139 e. The van der Waals surface area contributed by atoms with Gasteiger partial charge in [0.1, 0.15) is 20.3 Å². The van der Waals surface area contributed by atoms with E-state index in [2.05, 4.69) is 9.82 Å². The molecule has 5 rings (SSSR count). The molecule has 1 atom stereocenters. The predicted molar refractivity (Wildman–Crippen MR) is 128 cm³/mol. The van der Waals surface area contributed by atoms with Gasteiger partial charge in [-0.1, -0.05) is 91.0 Å².